The lowest BCUT2D eigenvalue weighted by molar-refractivity contribution is -0.122. The number of nitriles is 1. The van der Waals surface area contributed by atoms with Crippen molar-refractivity contribution in [2.45, 2.75) is 38.1 Å². The standard InChI is InChI=1S/C24H25N3O/c25-16-18(14-24(28)22-7-3-4-12-26-22)13-17-8-10-19(11-9-17)23-15-20-5-1-2-6-21(20)27-23/h1-2,5-6,8-11,15,18,22,26-27H,3-4,7,12-14H2/t18-,22+/m1/s1. The summed E-state index contributed by atoms with van der Waals surface area (Å²) in [4.78, 5) is 15.9. The molecule has 4 rings (SSSR count). The Kier molecular flexibility index (Phi) is 5.55. The maximum Gasteiger partial charge on any atom is 0.151 e. The maximum absolute atomic E-state index is 12.5. The van der Waals surface area contributed by atoms with E-state index in [4.69, 9.17) is 0 Å². The highest BCUT2D eigenvalue weighted by molar-refractivity contribution is 5.86. The van der Waals surface area contributed by atoms with Gasteiger partial charge in [-0.1, -0.05) is 48.9 Å². The fourth-order valence-corrected chi connectivity index (χ4v) is 4.01. The first-order valence-corrected chi connectivity index (χ1v) is 10.1. The zero-order chi connectivity index (χ0) is 19.3. The van der Waals surface area contributed by atoms with Crippen molar-refractivity contribution in [1.29, 1.82) is 5.26 Å². The second-order valence-corrected chi connectivity index (χ2v) is 7.67. The predicted octanol–water partition coefficient (Wildman–Crippen LogP) is 4.62. The molecule has 0 bridgehead atoms. The highest BCUT2D eigenvalue weighted by Gasteiger charge is 2.23. The fraction of sp³-hybridized carbons (Fsp3) is 0.333. The van der Waals surface area contributed by atoms with Gasteiger partial charge in [-0.05, 0) is 49.1 Å². The van der Waals surface area contributed by atoms with Gasteiger partial charge in [0.05, 0.1) is 18.0 Å². The van der Waals surface area contributed by atoms with Crippen LogP contribution in [0.15, 0.2) is 54.6 Å². The van der Waals surface area contributed by atoms with Crippen LogP contribution in [0, 0.1) is 17.2 Å². The van der Waals surface area contributed by atoms with Gasteiger partial charge in [0.2, 0.25) is 0 Å². The van der Waals surface area contributed by atoms with Gasteiger partial charge in [0.25, 0.3) is 0 Å². The van der Waals surface area contributed by atoms with E-state index in [1.54, 1.807) is 0 Å². The minimum absolute atomic E-state index is 0.0611. The first kappa shape index (κ1) is 18.5. The number of aromatic nitrogens is 1. The van der Waals surface area contributed by atoms with Crippen LogP contribution < -0.4 is 5.32 Å². The molecule has 2 N–H and O–H groups in total. The van der Waals surface area contributed by atoms with Crippen LogP contribution in [0.4, 0.5) is 0 Å². The van der Waals surface area contributed by atoms with Gasteiger partial charge < -0.3 is 10.3 Å². The molecule has 1 fully saturated rings. The highest BCUT2D eigenvalue weighted by Crippen LogP contribution is 2.25. The van der Waals surface area contributed by atoms with Crippen molar-refractivity contribution < 1.29 is 4.79 Å². The number of rotatable bonds is 6. The van der Waals surface area contributed by atoms with Crippen molar-refractivity contribution in [2.24, 2.45) is 5.92 Å². The Labute approximate surface area is 165 Å². The van der Waals surface area contributed by atoms with Crippen LogP contribution in [-0.2, 0) is 11.2 Å². The molecule has 0 saturated carbocycles. The number of carbonyl (C=O) groups is 1. The van der Waals surface area contributed by atoms with Gasteiger partial charge in [0, 0.05) is 23.0 Å². The second kappa shape index (κ2) is 8.41. The number of H-pyrrole nitrogens is 1. The van der Waals surface area contributed by atoms with Gasteiger partial charge in [0.1, 0.15) is 0 Å². The summed E-state index contributed by atoms with van der Waals surface area (Å²) in [6.45, 7) is 0.906. The zero-order valence-electron chi connectivity index (χ0n) is 15.9. The molecule has 0 spiro atoms. The van der Waals surface area contributed by atoms with Crippen molar-refractivity contribution in [1.82, 2.24) is 10.3 Å². The summed E-state index contributed by atoms with van der Waals surface area (Å²) in [5.41, 5.74) is 4.43. The topological polar surface area (TPSA) is 68.7 Å². The van der Waals surface area contributed by atoms with Crippen LogP contribution >= 0.6 is 0 Å². The molecule has 3 aromatic rings. The maximum atomic E-state index is 12.5. The summed E-state index contributed by atoms with van der Waals surface area (Å²) >= 11 is 0. The number of hydrogen-bond donors (Lipinski definition) is 2. The van der Waals surface area contributed by atoms with Crippen molar-refractivity contribution in [3.8, 4) is 17.3 Å². The van der Waals surface area contributed by atoms with Crippen LogP contribution in [0.2, 0.25) is 0 Å². The monoisotopic (exact) mass is 371 g/mol. The van der Waals surface area contributed by atoms with E-state index in [0.717, 1.165) is 48.1 Å². The van der Waals surface area contributed by atoms with E-state index in [1.807, 2.05) is 12.1 Å². The van der Waals surface area contributed by atoms with Gasteiger partial charge >= 0.3 is 0 Å². The van der Waals surface area contributed by atoms with Crippen LogP contribution in [0.25, 0.3) is 22.2 Å². The van der Waals surface area contributed by atoms with Gasteiger partial charge in [-0.25, -0.2) is 0 Å². The number of aromatic amines is 1. The summed E-state index contributed by atoms with van der Waals surface area (Å²) in [7, 11) is 0. The predicted molar refractivity (Wildman–Crippen MR) is 112 cm³/mol. The van der Waals surface area contributed by atoms with Gasteiger partial charge in [0.15, 0.2) is 5.78 Å². The molecule has 142 valence electrons. The number of fused-ring (bicyclic) bond motifs is 1. The SMILES string of the molecule is N#C[C@@H](CC(=O)[C@@H]1CCCCN1)Cc1ccc(-c2cc3ccccc3[nH]2)cc1. The summed E-state index contributed by atoms with van der Waals surface area (Å²) in [5.74, 6) is -0.0869. The number of ketones is 1. The number of nitrogens with zero attached hydrogens (tertiary/aromatic N) is 1. The lowest BCUT2D eigenvalue weighted by Crippen LogP contribution is -2.41. The van der Waals surface area contributed by atoms with Crippen molar-refractivity contribution in [2.75, 3.05) is 6.54 Å². The van der Waals surface area contributed by atoms with E-state index in [0.29, 0.717) is 12.8 Å². The molecule has 4 heteroatoms. The van der Waals surface area contributed by atoms with Crippen LogP contribution in [0.5, 0.6) is 0 Å². The minimum atomic E-state index is -0.268. The first-order valence-electron chi connectivity index (χ1n) is 10.1. The Balaban J connectivity index is 1.41. The lowest BCUT2D eigenvalue weighted by Gasteiger charge is -2.23. The van der Waals surface area contributed by atoms with Crippen LogP contribution in [0.3, 0.4) is 0 Å². The molecule has 1 aliphatic heterocycles. The third-order valence-electron chi connectivity index (χ3n) is 5.61. The summed E-state index contributed by atoms with van der Waals surface area (Å²) in [6.07, 6.45) is 4.07. The quantitative estimate of drug-likeness (QED) is 0.664. The number of para-hydroxylation sites is 1. The van der Waals surface area contributed by atoms with Crippen LogP contribution in [0.1, 0.15) is 31.2 Å². The van der Waals surface area contributed by atoms with E-state index in [-0.39, 0.29) is 17.7 Å². The number of hydrogen-bond acceptors (Lipinski definition) is 3. The Morgan fingerprint density at radius 3 is 2.68 bits per heavy atom. The van der Waals surface area contributed by atoms with E-state index in [2.05, 4.69) is 58.8 Å². The second-order valence-electron chi connectivity index (χ2n) is 7.67. The van der Waals surface area contributed by atoms with Gasteiger partial charge in [-0.2, -0.15) is 5.26 Å². The average molecular weight is 371 g/mol. The zero-order valence-corrected chi connectivity index (χ0v) is 15.9. The molecule has 2 heterocycles. The highest BCUT2D eigenvalue weighted by atomic mass is 16.1. The molecule has 1 saturated heterocycles. The number of Topliss-reactive ketones (excluding diaryl/α,β-unsaturated/α-hetero) is 1. The van der Waals surface area contributed by atoms with Crippen molar-refractivity contribution >= 4 is 16.7 Å². The minimum Gasteiger partial charge on any atom is -0.355 e. The fourth-order valence-electron chi connectivity index (χ4n) is 4.01. The Bertz CT molecular complexity index is 958. The summed E-state index contributed by atoms with van der Waals surface area (Å²) < 4.78 is 0. The van der Waals surface area contributed by atoms with Gasteiger partial charge in [-0.3, -0.25) is 4.79 Å². The lowest BCUT2D eigenvalue weighted by atomic mass is 9.90. The van der Waals surface area contributed by atoms with E-state index >= 15 is 0 Å². The Morgan fingerprint density at radius 1 is 1.14 bits per heavy atom. The first-order chi connectivity index (χ1) is 13.7. The van der Waals surface area contributed by atoms with Gasteiger partial charge in [-0.15, -0.1) is 0 Å². The molecule has 28 heavy (non-hydrogen) atoms. The molecule has 2 atom stereocenters. The largest absolute Gasteiger partial charge is 0.355 e. The van der Waals surface area contributed by atoms with E-state index in [1.165, 1.54) is 5.39 Å². The molecule has 0 amide bonds. The molecule has 2 aromatic carbocycles. The molecule has 0 aliphatic carbocycles. The number of piperidine rings is 1. The third-order valence-corrected chi connectivity index (χ3v) is 5.61. The third kappa shape index (κ3) is 4.16. The molecular weight excluding hydrogens is 346 g/mol. The van der Waals surface area contributed by atoms with Crippen molar-refractivity contribution in [3.63, 3.8) is 0 Å². The molecule has 0 unspecified atom stereocenters. The smallest absolute Gasteiger partial charge is 0.151 e. The summed E-state index contributed by atoms with van der Waals surface area (Å²) in [5, 5.41) is 14.0. The Morgan fingerprint density at radius 2 is 1.96 bits per heavy atom. The molecule has 0 radical (unpaired) electrons. The normalized spacial score (nSPS) is 17.9. The molecule has 4 nitrogen and oxygen atoms in total. The average Bonchev–Trinajstić information content (AvgIpc) is 3.18. The number of carbonyl (C=O) groups excluding carboxylic acids is 1. The Hall–Kier alpha value is -2.90. The van der Waals surface area contributed by atoms with Crippen molar-refractivity contribution in [3.05, 3.63) is 60.2 Å². The van der Waals surface area contributed by atoms with Crippen LogP contribution in [-0.4, -0.2) is 23.4 Å². The summed E-state index contributed by atoms with van der Waals surface area (Å²) in [6, 6.07) is 20.9. The molecule has 1 aromatic heterocycles. The molecule has 1 aliphatic rings. The molecular formula is C24H25N3O. The van der Waals surface area contributed by atoms with E-state index in [9.17, 15) is 10.1 Å². The number of nitrogens with one attached hydrogen (secondary N) is 2. The van der Waals surface area contributed by atoms with E-state index < -0.39 is 0 Å². The number of benzene rings is 2.